The molecule has 6 aromatic rings. The van der Waals surface area contributed by atoms with Gasteiger partial charge in [-0.3, -0.25) is 9.55 Å². The van der Waals surface area contributed by atoms with Crippen molar-refractivity contribution in [3.8, 4) is 45.2 Å². The van der Waals surface area contributed by atoms with Crippen molar-refractivity contribution < 1.29 is 5.11 Å². The second kappa shape index (κ2) is 10.3. The van der Waals surface area contributed by atoms with Crippen LogP contribution in [0.1, 0.15) is 52.7 Å². The van der Waals surface area contributed by atoms with Crippen LogP contribution in [0.3, 0.4) is 0 Å². The number of phenolic OH excluding ortho intramolecular Hbond substituents is 1. The minimum atomic E-state index is -0.0925. The quantitative estimate of drug-likeness (QED) is 0.237. The minimum Gasteiger partial charge on any atom is -0.507 e. The fourth-order valence-corrected chi connectivity index (χ4v) is 5.29. The number of hydrogen-bond acceptors (Lipinski definition) is 4. The fourth-order valence-electron chi connectivity index (χ4n) is 5.29. The van der Waals surface area contributed by atoms with Gasteiger partial charge in [0.2, 0.25) is 0 Å². The van der Waals surface area contributed by atoms with E-state index in [0.29, 0.717) is 11.4 Å². The Kier molecular flexibility index (Phi) is 6.69. The van der Waals surface area contributed by atoms with Gasteiger partial charge in [-0.05, 0) is 82.1 Å². The van der Waals surface area contributed by atoms with Crippen LogP contribution >= 0.6 is 0 Å². The van der Waals surface area contributed by atoms with Crippen molar-refractivity contribution in [3.63, 3.8) is 0 Å². The van der Waals surface area contributed by atoms with Crippen LogP contribution in [0, 0.1) is 0 Å². The molecule has 5 heteroatoms. The molecule has 0 radical (unpaired) electrons. The highest BCUT2D eigenvalue weighted by Crippen LogP contribution is 2.40. The Labute approximate surface area is 247 Å². The number of para-hydroxylation sites is 1. The molecule has 0 aliphatic rings. The van der Waals surface area contributed by atoms with Crippen LogP contribution in [-0.2, 0) is 10.8 Å². The van der Waals surface area contributed by atoms with Crippen molar-refractivity contribution >= 4 is 11.2 Å². The van der Waals surface area contributed by atoms with Gasteiger partial charge in [-0.15, -0.1) is 0 Å². The molecule has 0 unspecified atom stereocenters. The third-order valence-electron chi connectivity index (χ3n) is 7.73. The van der Waals surface area contributed by atoms with Crippen LogP contribution in [0.25, 0.3) is 50.6 Å². The molecule has 0 saturated heterocycles. The van der Waals surface area contributed by atoms with E-state index in [1.165, 1.54) is 5.56 Å². The third kappa shape index (κ3) is 5.07. The molecule has 0 fully saturated rings. The summed E-state index contributed by atoms with van der Waals surface area (Å²) in [5, 5.41) is 11.1. The van der Waals surface area contributed by atoms with Gasteiger partial charge in [0.25, 0.3) is 0 Å². The number of rotatable bonds is 4. The van der Waals surface area contributed by atoms with Crippen molar-refractivity contribution in [3.05, 3.63) is 115 Å². The highest BCUT2D eigenvalue weighted by molar-refractivity contribution is 5.94. The molecule has 3 heterocycles. The molecule has 0 amide bonds. The van der Waals surface area contributed by atoms with Crippen molar-refractivity contribution in [2.75, 3.05) is 0 Å². The average molecular weight is 553 g/mol. The van der Waals surface area contributed by atoms with Gasteiger partial charge >= 0.3 is 0 Å². The lowest BCUT2D eigenvalue weighted by Crippen LogP contribution is -2.11. The van der Waals surface area contributed by atoms with Gasteiger partial charge in [-0.25, -0.2) is 9.97 Å². The number of hydrogen-bond donors (Lipinski definition) is 1. The van der Waals surface area contributed by atoms with Gasteiger partial charge in [0.15, 0.2) is 11.5 Å². The standard InChI is InChI=1S/C37H36N4O/c1-36(2,3)26-15-16-32(42)30(23-26)34-40-33-29(17-19-39-35(33)41(34)28-12-8-7-9-13-28)24-20-25(31-14-10-11-18-38-31)22-27(21-24)37(4,5)6/h7-23,42H,1-6H3. The van der Waals surface area contributed by atoms with E-state index in [0.717, 1.165) is 44.8 Å². The SMILES string of the molecule is CC(C)(C)c1cc(-c2ccccn2)cc(-c2ccnc3c2nc(-c2cc(C(C)(C)C)ccc2O)n3-c2ccccc2)c1. The fraction of sp³-hybridized carbons (Fsp3) is 0.216. The molecule has 3 aromatic heterocycles. The van der Waals surface area contributed by atoms with Crippen LogP contribution in [-0.4, -0.2) is 24.6 Å². The molecular formula is C37H36N4O. The van der Waals surface area contributed by atoms with Gasteiger partial charge in [-0.2, -0.15) is 0 Å². The molecule has 210 valence electrons. The zero-order chi connectivity index (χ0) is 29.6. The summed E-state index contributed by atoms with van der Waals surface area (Å²) in [5.74, 6) is 0.834. The highest BCUT2D eigenvalue weighted by atomic mass is 16.3. The number of fused-ring (bicyclic) bond motifs is 1. The van der Waals surface area contributed by atoms with Gasteiger partial charge in [0.1, 0.15) is 11.3 Å². The molecule has 1 N–H and O–H groups in total. The largest absolute Gasteiger partial charge is 0.507 e. The summed E-state index contributed by atoms with van der Waals surface area (Å²) in [6.45, 7) is 13.2. The molecule has 0 bridgehead atoms. The smallest absolute Gasteiger partial charge is 0.165 e. The maximum atomic E-state index is 11.1. The molecule has 0 aliphatic carbocycles. The molecule has 0 atom stereocenters. The molecule has 42 heavy (non-hydrogen) atoms. The Morgan fingerprint density at radius 3 is 2.02 bits per heavy atom. The monoisotopic (exact) mass is 552 g/mol. The normalized spacial score (nSPS) is 12.1. The van der Waals surface area contributed by atoms with E-state index < -0.39 is 0 Å². The topological polar surface area (TPSA) is 63.8 Å². The summed E-state index contributed by atoms with van der Waals surface area (Å²) >= 11 is 0. The van der Waals surface area contributed by atoms with E-state index in [2.05, 4.69) is 70.8 Å². The van der Waals surface area contributed by atoms with Gasteiger partial charge in [0.05, 0.1) is 11.3 Å². The first-order valence-electron chi connectivity index (χ1n) is 14.3. The molecule has 0 saturated carbocycles. The number of aromatic nitrogens is 4. The lowest BCUT2D eigenvalue weighted by molar-refractivity contribution is 0.475. The number of aromatic hydroxyl groups is 1. The minimum absolute atomic E-state index is 0.0700. The second-order valence-corrected chi connectivity index (χ2v) is 12.9. The maximum Gasteiger partial charge on any atom is 0.165 e. The van der Waals surface area contributed by atoms with E-state index in [-0.39, 0.29) is 16.6 Å². The second-order valence-electron chi connectivity index (χ2n) is 12.9. The van der Waals surface area contributed by atoms with Gasteiger partial charge < -0.3 is 5.11 Å². The Morgan fingerprint density at radius 1 is 0.619 bits per heavy atom. The van der Waals surface area contributed by atoms with Crippen LogP contribution in [0.4, 0.5) is 0 Å². The lowest BCUT2D eigenvalue weighted by Gasteiger charge is -2.21. The van der Waals surface area contributed by atoms with E-state index >= 15 is 0 Å². The zero-order valence-electron chi connectivity index (χ0n) is 25.1. The van der Waals surface area contributed by atoms with Crippen LogP contribution in [0.5, 0.6) is 5.75 Å². The predicted molar refractivity (Wildman–Crippen MR) is 172 cm³/mol. The number of nitrogens with zero attached hydrogens (tertiary/aromatic N) is 4. The van der Waals surface area contributed by atoms with Crippen molar-refractivity contribution in [1.82, 2.24) is 19.5 Å². The van der Waals surface area contributed by atoms with E-state index in [4.69, 9.17) is 9.97 Å². The molecular weight excluding hydrogens is 516 g/mol. The number of pyridine rings is 2. The third-order valence-corrected chi connectivity index (χ3v) is 7.73. The molecule has 0 spiro atoms. The lowest BCUT2D eigenvalue weighted by atomic mass is 9.83. The summed E-state index contributed by atoms with van der Waals surface area (Å²) in [7, 11) is 0. The van der Waals surface area contributed by atoms with Crippen molar-refractivity contribution in [2.24, 2.45) is 0 Å². The maximum absolute atomic E-state index is 11.1. The van der Waals surface area contributed by atoms with Crippen LogP contribution < -0.4 is 0 Å². The Morgan fingerprint density at radius 2 is 1.33 bits per heavy atom. The number of benzene rings is 3. The predicted octanol–water partition coefficient (Wildman–Crippen LogP) is 9.12. The van der Waals surface area contributed by atoms with E-state index in [1.54, 1.807) is 6.07 Å². The summed E-state index contributed by atoms with van der Waals surface area (Å²) in [6.07, 6.45) is 3.67. The first-order chi connectivity index (χ1) is 20.0. The molecule has 0 aliphatic heterocycles. The first kappa shape index (κ1) is 27.4. The van der Waals surface area contributed by atoms with E-state index in [9.17, 15) is 5.11 Å². The van der Waals surface area contributed by atoms with Crippen LogP contribution in [0.15, 0.2) is 103 Å². The molecule has 5 nitrogen and oxygen atoms in total. The summed E-state index contributed by atoms with van der Waals surface area (Å²) in [5.41, 5.74) is 9.28. The molecule has 3 aromatic carbocycles. The summed E-state index contributed by atoms with van der Waals surface area (Å²) in [6, 6.07) is 30.6. The van der Waals surface area contributed by atoms with Crippen molar-refractivity contribution in [1.29, 1.82) is 0 Å². The zero-order valence-corrected chi connectivity index (χ0v) is 25.1. The van der Waals surface area contributed by atoms with Gasteiger partial charge in [0, 0.05) is 29.2 Å². The average Bonchev–Trinajstić information content (AvgIpc) is 3.36. The van der Waals surface area contributed by atoms with E-state index in [1.807, 2.05) is 77.6 Å². The number of phenols is 1. The Hall–Kier alpha value is -4.77. The van der Waals surface area contributed by atoms with Crippen LogP contribution in [0.2, 0.25) is 0 Å². The Balaban J connectivity index is 1.66. The Bertz CT molecular complexity index is 1890. The highest BCUT2D eigenvalue weighted by Gasteiger charge is 2.24. The first-order valence-corrected chi connectivity index (χ1v) is 14.3. The summed E-state index contributed by atoms with van der Waals surface area (Å²) < 4.78 is 2.05. The van der Waals surface area contributed by atoms with Gasteiger partial charge in [-0.1, -0.05) is 77.9 Å². The van der Waals surface area contributed by atoms with Crippen molar-refractivity contribution in [2.45, 2.75) is 52.4 Å². The summed E-state index contributed by atoms with van der Waals surface area (Å²) in [4.78, 5) is 14.7. The number of imidazole rings is 1. The molecule has 6 rings (SSSR count).